The van der Waals surface area contributed by atoms with Crippen molar-refractivity contribution in [3.63, 3.8) is 0 Å². The molecular formula is C38H48N4O5. The van der Waals surface area contributed by atoms with Gasteiger partial charge >= 0.3 is 6.03 Å². The standard InChI is InChI=1S/C38H48N4O5/c1-3-5-7-9-11-19-27-46-32-25-26-33(34(29-32)47-28-20-12-10-8-6-4-2)39-40-35-36(43)41(30-21-15-13-16-22-30)38(45)42(37(35)44)31-23-17-14-18-24-31/h13-18,21-26,29,35H,3-12,19-20,27-28H2,1-2H3. The molecule has 250 valence electrons. The van der Waals surface area contributed by atoms with Gasteiger partial charge in [-0.25, -0.2) is 14.6 Å². The third-order valence-corrected chi connectivity index (χ3v) is 8.05. The number of amides is 4. The van der Waals surface area contributed by atoms with Gasteiger partial charge < -0.3 is 9.47 Å². The van der Waals surface area contributed by atoms with Crippen LogP contribution in [0.25, 0.3) is 0 Å². The number of imide groups is 2. The molecule has 3 aromatic carbocycles. The van der Waals surface area contributed by atoms with Crippen molar-refractivity contribution in [3.8, 4) is 11.5 Å². The number of urea groups is 1. The molecule has 1 saturated heterocycles. The van der Waals surface area contributed by atoms with Crippen LogP contribution in [0.15, 0.2) is 89.1 Å². The number of carbonyl (C=O) groups is 3. The third-order valence-electron chi connectivity index (χ3n) is 8.05. The molecule has 0 unspecified atom stereocenters. The smallest absolute Gasteiger partial charge is 0.342 e. The fourth-order valence-corrected chi connectivity index (χ4v) is 5.41. The van der Waals surface area contributed by atoms with Gasteiger partial charge in [-0.15, -0.1) is 0 Å². The van der Waals surface area contributed by atoms with Crippen LogP contribution < -0.4 is 19.3 Å². The van der Waals surface area contributed by atoms with Crippen LogP contribution in [0, 0.1) is 0 Å². The lowest BCUT2D eigenvalue weighted by Gasteiger charge is -2.35. The van der Waals surface area contributed by atoms with Crippen LogP contribution in [0.3, 0.4) is 0 Å². The summed E-state index contributed by atoms with van der Waals surface area (Å²) in [6.45, 7) is 5.51. The maximum Gasteiger partial charge on any atom is 0.342 e. The molecule has 4 rings (SSSR count). The molecule has 0 aliphatic carbocycles. The van der Waals surface area contributed by atoms with Gasteiger partial charge in [-0.1, -0.05) is 114 Å². The molecule has 1 heterocycles. The average Bonchev–Trinajstić information content (AvgIpc) is 3.09. The predicted molar refractivity (Wildman–Crippen MR) is 186 cm³/mol. The summed E-state index contributed by atoms with van der Waals surface area (Å²) >= 11 is 0. The van der Waals surface area contributed by atoms with Gasteiger partial charge in [0.25, 0.3) is 11.8 Å². The number of rotatable bonds is 20. The van der Waals surface area contributed by atoms with Gasteiger partial charge in [-0.3, -0.25) is 9.59 Å². The first kappa shape index (κ1) is 35.3. The quantitative estimate of drug-likeness (QED) is 0.0695. The van der Waals surface area contributed by atoms with Crippen LogP contribution in [-0.4, -0.2) is 37.1 Å². The lowest BCUT2D eigenvalue weighted by Crippen LogP contribution is -2.62. The number of nitrogens with zero attached hydrogens (tertiary/aromatic N) is 4. The van der Waals surface area contributed by atoms with Crippen molar-refractivity contribution < 1.29 is 23.9 Å². The van der Waals surface area contributed by atoms with E-state index in [0.717, 1.165) is 41.9 Å². The number of benzene rings is 3. The van der Waals surface area contributed by atoms with Crippen LogP contribution in [-0.2, 0) is 9.59 Å². The number of hydrogen-bond donors (Lipinski definition) is 0. The minimum atomic E-state index is -1.57. The average molecular weight is 641 g/mol. The maximum atomic E-state index is 13.7. The number of anilines is 2. The fraction of sp³-hybridized carbons (Fsp3) is 0.447. The molecule has 0 radical (unpaired) electrons. The highest BCUT2D eigenvalue weighted by Crippen LogP contribution is 2.34. The molecule has 0 saturated carbocycles. The zero-order chi connectivity index (χ0) is 33.3. The summed E-state index contributed by atoms with van der Waals surface area (Å²) in [5.74, 6) is -0.406. The number of barbiturate groups is 1. The van der Waals surface area contributed by atoms with E-state index < -0.39 is 23.9 Å². The van der Waals surface area contributed by atoms with Gasteiger partial charge in [0.15, 0.2) is 0 Å². The molecule has 1 aliphatic rings. The Bertz CT molecular complexity index is 1390. The van der Waals surface area contributed by atoms with Crippen LogP contribution in [0.5, 0.6) is 11.5 Å². The first-order valence-electron chi connectivity index (χ1n) is 17.2. The fourth-order valence-electron chi connectivity index (χ4n) is 5.41. The SMILES string of the molecule is CCCCCCCCOc1ccc(N=NC2C(=O)N(c3ccccc3)C(=O)N(c3ccccc3)C2=O)c(OCCCCCCCC)c1. The number of unbranched alkanes of at least 4 members (excludes halogenated alkanes) is 10. The van der Waals surface area contributed by atoms with Crippen molar-refractivity contribution in [1.29, 1.82) is 0 Å². The van der Waals surface area contributed by atoms with Gasteiger partial charge in [0.1, 0.15) is 17.2 Å². The van der Waals surface area contributed by atoms with E-state index in [-0.39, 0.29) is 0 Å². The van der Waals surface area contributed by atoms with Crippen LogP contribution in [0.2, 0.25) is 0 Å². The molecule has 3 aromatic rings. The molecule has 4 amide bonds. The Balaban J connectivity index is 1.54. The second-order valence-electron chi connectivity index (χ2n) is 11.8. The molecule has 1 aliphatic heterocycles. The van der Waals surface area contributed by atoms with E-state index in [1.54, 1.807) is 78.9 Å². The monoisotopic (exact) mass is 640 g/mol. The van der Waals surface area contributed by atoms with Gasteiger partial charge in [0, 0.05) is 6.07 Å². The van der Waals surface area contributed by atoms with E-state index in [9.17, 15) is 14.4 Å². The van der Waals surface area contributed by atoms with Gasteiger partial charge in [0.2, 0.25) is 6.04 Å². The normalized spacial score (nSPS) is 14.0. The minimum absolute atomic E-state index is 0.339. The van der Waals surface area contributed by atoms with Crippen molar-refractivity contribution in [2.75, 3.05) is 23.0 Å². The molecular weight excluding hydrogens is 592 g/mol. The summed E-state index contributed by atoms with van der Waals surface area (Å²) in [6, 6.07) is 20.0. The van der Waals surface area contributed by atoms with Crippen molar-refractivity contribution in [3.05, 3.63) is 78.9 Å². The number of para-hydroxylation sites is 2. The number of azo groups is 1. The Morgan fingerprint density at radius 2 is 1.09 bits per heavy atom. The van der Waals surface area contributed by atoms with E-state index in [1.165, 1.54) is 44.9 Å². The van der Waals surface area contributed by atoms with Crippen molar-refractivity contribution in [1.82, 2.24) is 0 Å². The zero-order valence-corrected chi connectivity index (χ0v) is 27.8. The molecule has 47 heavy (non-hydrogen) atoms. The molecule has 0 bridgehead atoms. The summed E-state index contributed by atoms with van der Waals surface area (Å²) in [4.78, 5) is 42.9. The first-order valence-corrected chi connectivity index (χ1v) is 17.2. The molecule has 1 fully saturated rings. The lowest BCUT2D eigenvalue weighted by molar-refractivity contribution is -0.128. The van der Waals surface area contributed by atoms with Gasteiger partial charge in [0.05, 0.1) is 24.6 Å². The highest BCUT2D eigenvalue weighted by molar-refractivity contribution is 6.38. The Labute approximate surface area is 279 Å². The molecule has 9 heteroatoms. The summed E-state index contributed by atoms with van der Waals surface area (Å²) in [6.07, 6.45) is 13.8. The Morgan fingerprint density at radius 3 is 1.62 bits per heavy atom. The number of ether oxygens (including phenoxy) is 2. The van der Waals surface area contributed by atoms with Crippen molar-refractivity contribution in [2.45, 2.75) is 96.9 Å². The topological polar surface area (TPSA) is 101 Å². The molecule has 0 aromatic heterocycles. The van der Waals surface area contributed by atoms with Crippen molar-refractivity contribution >= 4 is 34.9 Å². The van der Waals surface area contributed by atoms with Crippen LogP contribution in [0.1, 0.15) is 90.9 Å². The second-order valence-corrected chi connectivity index (χ2v) is 11.8. The Kier molecular flexibility index (Phi) is 14.4. The van der Waals surface area contributed by atoms with E-state index in [2.05, 4.69) is 24.1 Å². The second kappa shape index (κ2) is 19.2. The third kappa shape index (κ3) is 10.2. The highest BCUT2D eigenvalue weighted by Gasteiger charge is 2.47. The first-order chi connectivity index (χ1) is 23.0. The lowest BCUT2D eigenvalue weighted by atomic mass is 10.1. The minimum Gasteiger partial charge on any atom is -0.493 e. The number of hydrogen-bond acceptors (Lipinski definition) is 7. The van der Waals surface area contributed by atoms with Crippen LogP contribution in [0.4, 0.5) is 21.9 Å². The van der Waals surface area contributed by atoms with Gasteiger partial charge in [-0.2, -0.15) is 10.2 Å². The maximum absolute atomic E-state index is 13.7. The van der Waals surface area contributed by atoms with E-state index >= 15 is 0 Å². The molecule has 0 N–H and O–H groups in total. The zero-order valence-electron chi connectivity index (χ0n) is 27.8. The number of carbonyl (C=O) groups excluding carboxylic acids is 3. The van der Waals surface area contributed by atoms with Crippen LogP contribution >= 0.6 is 0 Å². The predicted octanol–water partition coefficient (Wildman–Crippen LogP) is 9.82. The summed E-state index contributed by atoms with van der Waals surface area (Å²) in [5, 5.41) is 8.62. The molecule has 0 atom stereocenters. The van der Waals surface area contributed by atoms with E-state index in [4.69, 9.17) is 9.47 Å². The summed E-state index contributed by atoms with van der Waals surface area (Å²) in [5.41, 5.74) is 1.05. The summed E-state index contributed by atoms with van der Waals surface area (Å²) in [7, 11) is 0. The van der Waals surface area contributed by atoms with Crippen molar-refractivity contribution in [2.24, 2.45) is 10.2 Å². The highest BCUT2D eigenvalue weighted by atomic mass is 16.5. The Morgan fingerprint density at radius 1 is 0.596 bits per heavy atom. The summed E-state index contributed by atoms with van der Waals surface area (Å²) < 4.78 is 12.2. The molecule has 9 nitrogen and oxygen atoms in total. The molecule has 0 spiro atoms. The van der Waals surface area contributed by atoms with Gasteiger partial charge in [-0.05, 0) is 49.2 Å². The van der Waals surface area contributed by atoms with E-state index in [0.29, 0.717) is 41.8 Å². The van der Waals surface area contributed by atoms with E-state index in [1.807, 2.05) is 0 Å². The Hall–Kier alpha value is -4.53. The largest absolute Gasteiger partial charge is 0.493 e.